The fourth-order valence-electron chi connectivity index (χ4n) is 3.45. The van der Waals surface area contributed by atoms with Crippen LogP contribution in [0.1, 0.15) is 29.7 Å². The maximum atomic E-state index is 4.85. The van der Waals surface area contributed by atoms with Crippen LogP contribution in [-0.2, 0) is 13.0 Å². The van der Waals surface area contributed by atoms with E-state index in [-0.39, 0.29) is 0 Å². The van der Waals surface area contributed by atoms with Gasteiger partial charge in [0.05, 0.1) is 0 Å². The Hall–Kier alpha value is -2.10. The van der Waals surface area contributed by atoms with Crippen molar-refractivity contribution in [3.63, 3.8) is 0 Å². The van der Waals surface area contributed by atoms with E-state index < -0.39 is 0 Å². The second-order valence-corrected chi connectivity index (χ2v) is 6.30. The van der Waals surface area contributed by atoms with Crippen molar-refractivity contribution in [2.45, 2.75) is 32.7 Å². The lowest BCUT2D eigenvalue weighted by atomic mass is 10.00. The molecular weight excluding hydrogens is 272 g/mol. The van der Waals surface area contributed by atoms with E-state index in [1.807, 2.05) is 0 Å². The summed E-state index contributed by atoms with van der Waals surface area (Å²) in [6.45, 7) is 6.24. The van der Waals surface area contributed by atoms with Gasteiger partial charge in [0.25, 0.3) is 0 Å². The summed E-state index contributed by atoms with van der Waals surface area (Å²) in [6.07, 6.45) is 3.60. The highest BCUT2D eigenvalue weighted by molar-refractivity contribution is 5.49. The van der Waals surface area contributed by atoms with Crippen molar-refractivity contribution in [1.29, 1.82) is 0 Å². The van der Waals surface area contributed by atoms with Gasteiger partial charge in [-0.3, -0.25) is 0 Å². The Labute approximate surface area is 131 Å². The molecule has 2 aliphatic heterocycles. The molecule has 1 aromatic carbocycles. The third-order valence-electron chi connectivity index (χ3n) is 4.67. The first-order valence-corrected chi connectivity index (χ1v) is 8.22. The highest BCUT2D eigenvalue weighted by atomic mass is 15.3. The summed E-state index contributed by atoms with van der Waals surface area (Å²) in [4.78, 5) is 14.2. The van der Waals surface area contributed by atoms with Gasteiger partial charge in [-0.05, 0) is 37.3 Å². The molecule has 2 aromatic rings. The number of fused-ring (bicyclic) bond motifs is 1. The van der Waals surface area contributed by atoms with Crippen molar-refractivity contribution in [2.24, 2.45) is 0 Å². The smallest absolute Gasteiger partial charge is 0.227 e. The van der Waals surface area contributed by atoms with E-state index in [1.165, 1.54) is 24.0 Å². The molecule has 0 saturated carbocycles. The summed E-state index contributed by atoms with van der Waals surface area (Å²) >= 11 is 0. The molecule has 0 amide bonds. The first-order valence-electron chi connectivity index (χ1n) is 8.22. The molecule has 4 nitrogen and oxygen atoms in total. The van der Waals surface area contributed by atoms with Crippen LogP contribution < -0.4 is 9.80 Å². The third kappa shape index (κ3) is 2.54. The maximum absolute atomic E-state index is 4.85. The molecule has 4 rings (SSSR count). The largest absolute Gasteiger partial charge is 0.352 e. The lowest BCUT2D eigenvalue weighted by Gasteiger charge is -2.30. The molecule has 2 aliphatic rings. The molecule has 1 fully saturated rings. The second-order valence-electron chi connectivity index (χ2n) is 6.30. The van der Waals surface area contributed by atoms with E-state index in [0.717, 1.165) is 50.1 Å². The summed E-state index contributed by atoms with van der Waals surface area (Å²) in [6, 6.07) is 10.9. The average molecular weight is 294 g/mol. The molecule has 0 aliphatic carbocycles. The molecule has 1 aromatic heterocycles. The first-order chi connectivity index (χ1) is 10.8. The minimum atomic E-state index is 0.909. The van der Waals surface area contributed by atoms with Gasteiger partial charge in [-0.1, -0.05) is 24.3 Å². The lowest BCUT2D eigenvalue weighted by molar-refractivity contribution is 0.716. The molecule has 1 saturated heterocycles. The van der Waals surface area contributed by atoms with Gasteiger partial charge < -0.3 is 9.80 Å². The first kappa shape index (κ1) is 13.6. The van der Waals surface area contributed by atoms with Crippen LogP contribution in [0, 0.1) is 6.92 Å². The standard InChI is InChI=1S/C18H22N4/c1-14-12-17(20-18(19-14)21-9-4-5-10-21)22-11-8-15-6-2-3-7-16(15)13-22/h2-3,6-7,12H,4-5,8-11,13H2,1H3. The molecule has 0 N–H and O–H groups in total. The number of hydrogen-bond acceptors (Lipinski definition) is 4. The number of aryl methyl sites for hydroxylation is 1. The van der Waals surface area contributed by atoms with Gasteiger partial charge in [-0.2, -0.15) is 4.98 Å². The fraction of sp³-hybridized carbons (Fsp3) is 0.444. The van der Waals surface area contributed by atoms with Crippen LogP contribution in [-0.4, -0.2) is 29.6 Å². The van der Waals surface area contributed by atoms with Crippen molar-refractivity contribution >= 4 is 11.8 Å². The Morgan fingerprint density at radius 2 is 1.68 bits per heavy atom. The molecule has 0 bridgehead atoms. The zero-order valence-corrected chi connectivity index (χ0v) is 13.1. The summed E-state index contributed by atoms with van der Waals surface area (Å²) in [5.41, 5.74) is 3.96. The van der Waals surface area contributed by atoms with Crippen LogP contribution in [0.2, 0.25) is 0 Å². The fourth-order valence-corrected chi connectivity index (χ4v) is 3.45. The Balaban J connectivity index is 1.63. The van der Waals surface area contributed by atoms with E-state index in [0.29, 0.717) is 0 Å². The van der Waals surface area contributed by atoms with Gasteiger partial charge in [0.15, 0.2) is 0 Å². The maximum Gasteiger partial charge on any atom is 0.227 e. The van der Waals surface area contributed by atoms with Crippen LogP contribution in [0.15, 0.2) is 30.3 Å². The number of hydrogen-bond donors (Lipinski definition) is 0. The van der Waals surface area contributed by atoms with Crippen molar-refractivity contribution in [1.82, 2.24) is 9.97 Å². The van der Waals surface area contributed by atoms with Gasteiger partial charge in [-0.25, -0.2) is 4.98 Å². The minimum absolute atomic E-state index is 0.909. The number of benzene rings is 1. The van der Waals surface area contributed by atoms with Crippen LogP contribution >= 0.6 is 0 Å². The van der Waals surface area contributed by atoms with E-state index >= 15 is 0 Å². The molecular formula is C18H22N4. The molecule has 3 heterocycles. The number of rotatable bonds is 2. The molecule has 0 unspecified atom stereocenters. The topological polar surface area (TPSA) is 32.3 Å². The summed E-state index contributed by atoms with van der Waals surface area (Å²) < 4.78 is 0. The van der Waals surface area contributed by atoms with Crippen molar-refractivity contribution in [3.8, 4) is 0 Å². The van der Waals surface area contributed by atoms with Crippen molar-refractivity contribution < 1.29 is 0 Å². The molecule has 0 spiro atoms. The summed E-state index contributed by atoms with van der Waals surface area (Å²) in [7, 11) is 0. The highest BCUT2D eigenvalue weighted by Crippen LogP contribution is 2.25. The predicted octanol–water partition coefficient (Wildman–Crippen LogP) is 2.95. The van der Waals surface area contributed by atoms with E-state index in [9.17, 15) is 0 Å². The molecule has 22 heavy (non-hydrogen) atoms. The number of anilines is 2. The Morgan fingerprint density at radius 3 is 2.50 bits per heavy atom. The van der Waals surface area contributed by atoms with Gasteiger partial charge in [0.1, 0.15) is 5.82 Å². The molecule has 4 heteroatoms. The molecule has 0 radical (unpaired) electrons. The van der Waals surface area contributed by atoms with Crippen molar-refractivity contribution in [2.75, 3.05) is 29.4 Å². The van der Waals surface area contributed by atoms with E-state index in [4.69, 9.17) is 4.98 Å². The Kier molecular flexibility index (Phi) is 3.45. The summed E-state index contributed by atoms with van der Waals surface area (Å²) in [5, 5.41) is 0. The zero-order valence-electron chi connectivity index (χ0n) is 13.1. The third-order valence-corrected chi connectivity index (χ3v) is 4.67. The average Bonchev–Trinajstić information content (AvgIpc) is 3.08. The minimum Gasteiger partial charge on any atom is -0.352 e. The Bertz CT molecular complexity index is 677. The molecule has 114 valence electrons. The van der Waals surface area contributed by atoms with Crippen LogP contribution in [0.25, 0.3) is 0 Å². The van der Waals surface area contributed by atoms with Gasteiger partial charge in [-0.15, -0.1) is 0 Å². The number of aromatic nitrogens is 2. The monoisotopic (exact) mass is 294 g/mol. The van der Waals surface area contributed by atoms with E-state index in [2.05, 4.69) is 52.0 Å². The van der Waals surface area contributed by atoms with Crippen molar-refractivity contribution in [3.05, 3.63) is 47.2 Å². The van der Waals surface area contributed by atoms with E-state index in [1.54, 1.807) is 0 Å². The van der Waals surface area contributed by atoms with Crippen LogP contribution in [0.4, 0.5) is 11.8 Å². The van der Waals surface area contributed by atoms with Gasteiger partial charge in [0, 0.05) is 37.9 Å². The second kappa shape index (κ2) is 5.59. The molecule has 0 atom stereocenters. The van der Waals surface area contributed by atoms with Gasteiger partial charge in [0.2, 0.25) is 5.95 Å². The normalized spacial score (nSPS) is 17.7. The van der Waals surface area contributed by atoms with Gasteiger partial charge >= 0.3 is 0 Å². The SMILES string of the molecule is Cc1cc(N2CCc3ccccc3C2)nc(N2CCCC2)n1. The Morgan fingerprint density at radius 1 is 0.909 bits per heavy atom. The predicted molar refractivity (Wildman–Crippen MR) is 89.4 cm³/mol. The number of nitrogens with zero attached hydrogens (tertiary/aromatic N) is 4. The highest BCUT2D eigenvalue weighted by Gasteiger charge is 2.20. The summed E-state index contributed by atoms with van der Waals surface area (Å²) in [5.74, 6) is 1.98. The zero-order chi connectivity index (χ0) is 14.9. The lowest BCUT2D eigenvalue weighted by Crippen LogP contribution is -2.32. The quantitative estimate of drug-likeness (QED) is 0.852. The van der Waals surface area contributed by atoms with Crippen LogP contribution in [0.5, 0.6) is 0 Å². The van der Waals surface area contributed by atoms with Crippen LogP contribution in [0.3, 0.4) is 0 Å².